The number of benzene rings is 2. The molecular formula is C29H21Br2NO5. The Labute approximate surface area is 230 Å². The molecule has 1 fully saturated rings. The van der Waals surface area contributed by atoms with Gasteiger partial charge in [0.05, 0.1) is 22.0 Å². The molecule has 2 aromatic carbocycles. The van der Waals surface area contributed by atoms with Gasteiger partial charge in [-0.05, 0) is 71.4 Å². The molecule has 0 unspecified atom stereocenters. The van der Waals surface area contributed by atoms with E-state index in [1.54, 1.807) is 49.4 Å². The van der Waals surface area contributed by atoms with Crippen LogP contribution in [0.2, 0.25) is 0 Å². The van der Waals surface area contributed by atoms with Crippen LogP contribution in [0.5, 0.6) is 5.75 Å². The zero-order chi connectivity index (χ0) is 26.2. The van der Waals surface area contributed by atoms with Gasteiger partial charge in [-0.25, -0.2) is 0 Å². The minimum atomic E-state index is -0.674. The van der Waals surface area contributed by atoms with Crippen molar-refractivity contribution in [3.63, 3.8) is 0 Å². The lowest BCUT2D eigenvalue weighted by Gasteiger charge is -2.42. The van der Waals surface area contributed by atoms with Gasteiger partial charge < -0.3 is 5.11 Å². The number of aryl methyl sites for hydroxylation is 1. The van der Waals surface area contributed by atoms with Crippen molar-refractivity contribution in [1.29, 1.82) is 0 Å². The number of rotatable bonds is 2. The molecule has 37 heavy (non-hydrogen) atoms. The van der Waals surface area contributed by atoms with Crippen LogP contribution < -0.4 is 4.90 Å². The van der Waals surface area contributed by atoms with Gasteiger partial charge in [-0.2, -0.15) is 0 Å². The van der Waals surface area contributed by atoms with Crippen molar-refractivity contribution in [2.45, 2.75) is 25.7 Å². The van der Waals surface area contributed by atoms with Crippen molar-refractivity contribution in [1.82, 2.24) is 0 Å². The van der Waals surface area contributed by atoms with Crippen molar-refractivity contribution in [2.75, 3.05) is 4.90 Å². The topological polar surface area (TPSA) is 91.8 Å². The first-order chi connectivity index (χ1) is 17.7. The molecule has 4 atom stereocenters. The molecule has 186 valence electrons. The van der Waals surface area contributed by atoms with E-state index in [9.17, 15) is 24.3 Å². The Morgan fingerprint density at radius 3 is 2.41 bits per heavy atom. The van der Waals surface area contributed by atoms with Crippen LogP contribution >= 0.6 is 31.9 Å². The average Bonchev–Trinajstić information content (AvgIpc) is 3.13. The molecule has 0 radical (unpaired) electrons. The number of allylic oxidation sites excluding steroid dienone is 6. The maximum Gasteiger partial charge on any atom is 0.238 e. The summed E-state index contributed by atoms with van der Waals surface area (Å²) in [6.45, 7) is 1.78. The first-order valence-corrected chi connectivity index (χ1v) is 13.6. The quantitative estimate of drug-likeness (QED) is 0.274. The molecule has 1 heterocycles. The number of aromatic hydroxyl groups is 1. The molecule has 1 N–H and O–H groups in total. The number of hydrogen-bond acceptors (Lipinski definition) is 5. The van der Waals surface area contributed by atoms with Crippen LogP contribution in [0, 0.1) is 24.7 Å². The molecule has 6 nitrogen and oxygen atoms in total. The molecule has 3 aliphatic carbocycles. The van der Waals surface area contributed by atoms with Gasteiger partial charge in [0.2, 0.25) is 11.8 Å². The highest BCUT2D eigenvalue weighted by Gasteiger charge is 2.56. The summed E-state index contributed by atoms with van der Waals surface area (Å²) in [4.78, 5) is 55.2. The van der Waals surface area contributed by atoms with Crippen molar-refractivity contribution in [3.8, 4) is 5.75 Å². The summed E-state index contributed by atoms with van der Waals surface area (Å²) in [5, 5.41) is 11.0. The van der Waals surface area contributed by atoms with Crippen LogP contribution in [-0.2, 0) is 19.2 Å². The number of Topliss-reactive ketones (excluding diaryl/α,β-unsaturated/α-hetero) is 1. The van der Waals surface area contributed by atoms with Crippen LogP contribution in [-0.4, -0.2) is 28.5 Å². The zero-order valence-corrected chi connectivity index (χ0v) is 22.9. The Kier molecular flexibility index (Phi) is 5.73. The molecule has 1 saturated heterocycles. The lowest BCUT2D eigenvalue weighted by molar-refractivity contribution is -0.123. The molecule has 0 aromatic heterocycles. The molecule has 4 aliphatic rings. The minimum absolute atomic E-state index is 0.0576. The third kappa shape index (κ3) is 3.56. The zero-order valence-electron chi connectivity index (χ0n) is 19.7. The van der Waals surface area contributed by atoms with Crippen molar-refractivity contribution in [3.05, 3.63) is 91.4 Å². The number of ketones is 2. The SMILES string of the molecule is Cc1cccc([C@H]2C3=CC[C@@H]4C(=O)N(c5ccc(Br)cc5)C(=O)[C@@H]4[C@@H]3CC3=C2C(=O)C=C(Br)C3=O)c1O. The van der Waals surface area contributed by atoms with E-state index in [1.807, 2.05) is 6.08 Å². The number of phenolic OH excluding ortho intramolecular Hbond substituents is 1. The average molecular weight is 623 g/mol. The third-order valence-corrected chi connectivity index (χ3v) is 9.11. The lowest BCUT2D eigenvalue weighted by atomic mass is 9.59. The second-order valence-electron chi connectivity index (χ2n) is 9.89. The highest BCUT2D eigenvalue weighted by atomic mass is 79.9. The molecule has 0 saturated carbocycles. The highest BCUT2D eigenvalue weighted by molar-refractivity contribution is 9.12. The highest BCUT2D eigenvalue weighted by Crippen LogP contribution is 2.56. The van der Waals surface area contributed by atoms with Gasteiger partial charge in [0.15, 0.2) is 11.6 Å². The number of imide groups is 1. The van der Waals surface area contributed by atoms with E-state index in [1.165, 1.54) is 11.0 Å². The van der Waals surface area contributed by atoms with E-state index in [0.717, 1.165) is 10.0 Å². The molecule has 0 spiro atoms. The van der Waals surface area contributed by atoms with Crippen molar-refractivity contribution < 1.29 is 24.3 Å². The maximum atomic E-state index is 13.9. The van der Waals surface area contributed by atoms with E-state index in [4.69, 9.17) is 0 Å². The van der Waals surface area contributed by atoms with Gasteiger partial charge >= 0.3 is 0 Å². The van der Waals surface area contributed by atoms with Gasteiger partial charge in [-0.1, -0.05) is 45.8 Å². The predicted molar refractivity (Wildman–Crippen MR) is 144 cm³/mol. The van der Waals surface area contributed by atoms with Gasteiger partial charge in [0, 0.05) is 33.2 Å². The lowest BCUT2D eigenvalue weighted by Crippen LogP contribution is -2.39. The smallest absolute Gasteiger partial charge is 0.238 e. The van der Waals surface area contributed by atoms with E-state index >= 15 is 0 Å². The van der Waals surface area contributed by atoms with E-state index in [2.05, 4.69) is 31.9 Å². The standard InChI is InChI=1S/C29H21Br2NO5/c1-13-3-2-4-17(26(13)34)23-16-9-10-18-24(19(16)11-20-25(23)22(33)12-21(31)27(20)35)29(37)32(28(18)36)15-7-5-14(30)6-8-15/h2-9,12,18-19,23-24,34H,10-11H2,1H3/t18-,19+,23+,24-/m0/s1. The normalized spacial score (nSPS) is 27.1. The van der Waals surface area contributed by atoms with Crippen LogP contribution in [0.4, 0.5) is 5.69 Å². The Morgan fingerprint density at radius 2 is 1.68 bits per heavy atom. The Bertz CT molecular complexity index is 1520. The van der Waals surface area contributed by atoms with E-state index < -0.39 is 23.7 Å². The van der Waals surface area contributed by atoms with Gasteiger partial charge in [-0.15, -0.1) is 0 Å². The largest absolute Gasteiger partial charge is 0.507 e. The van der Waals surface area contributed by atoms with Crippen molar-refractivity contribution in [2.24, 2.45) is 17.8 Å². The fourth-order valence-corrected chi connectivity index (χ4v) is 7.03. The third-order valence-electron chi connectivity index (χ3n) is 8.00. The number of para-hydroxylation sites is 1. The number of fused-ring (bicyclic) bond motifs is 3. The van der Waals surface area contributed by atoms with E-state index in [-0.39, 0.29) is 40.0 Å². The van der Waals surface area contributed by atoms with Crippen molar-refractivity contribution >= 4 is 60.9 Å². The summed E-state index contributed by atoms with van der Waals surface area (Å²) in [5.41, 5.74) is 3.18. The summed E-state index contributed by atoms with van der Waals surface area (Å²) in [6.07, 6.45) is 3.77. The van der Waals surface area contributed by atoms with E-state index in [0.29, 0.717) is 34.4 Å². The second kappa shape index (κ2) is 8.74. The molecule has 2 amide bonds. The molecular weight excluding hydrogens is 602 g/mol. The fraction of sp³-hybridized carbons (Fsp3) is 0.241. The second-order valence-corrected chi connectivity index (χ2v) is 11.7. The summed E-state index contributed by atoms with van der Waals surface area (Å²) in [6, 6.07) is 12.4. The van der Waals surface area contributed by atoms with Crippen LogP contribution in [0.1, 0.15) is 29.9 Å². The molecule has 1 aliphatic heterocycles. The molecule has 8 heteroatoms. The summed E-state index contributed by atoms with van der Waals surface area (Å²) < 4.78 is 1.01. The number of nitrogens with zero attached hydrogens (tertiary/aromatic N) is 1. The molecule has 0 bridgehead atoms. The summed E-state index contributed by atoms with van der Waals surface area (Å²) in [7, 11) is 0. The van der Waals surface area contributed by atoms with Gasteiger partial charge in [-0.3, -0.25) is 24.1 Å². The Morgan fingerprint density at radius 1 is 0.946 bits per heavy atom. The number of halogens is 2. The van der Waals surface area contributed by atoms with Crippen LogP contribution in [0.3, 0.4) is 0 Å². The molecule has 6 rings (SSSR count). The number of carbonyl (C=O) groups is 4. The first kappa shape index (κ1) is 24.2. The number of anilines is 1. The fourth-order valence-electron chi connectivity index (χ4n) is 6.32. The number of amides is 2. The number of hydrogen-bond donors (Lipinski definition) is 1. The first-order valence-electron chi connectivity index (χ1n) is 12.0. The van der Waals surface area contributed by atoms with Crippen LogP contribution in [0.15, 0.2) is 80.3 Å². The summed E-state index contributed by atoms with van der Waals surface area (Å²) >= 11 is 6.62. The predicted octanol–water partition coefficient (Wildman–Crippen LogP) is 5.43. The minimum Gasteiger partial charge on any atom is -0.507 e. The van der Waals surface area contributed by atoms with Gasteiger partial charge in [0.25, 0.3) is 0 Å². The monoisotopic (exact) mass is 621 g/mol. The summed E-state index contributed by atoms with van der Waals surface area (Å²) in [5.74, 6) is -3.42. The van der Waals surface area contributed by atoms with Gasteiger partial charge in [0.1, 0.15) is 5.75 Å². The number of phenols is 1. The maximum absolute atomic E-state index is 13.9. The van der Waals surface area contributed by atoms with Crippen LogP contribution in [0.25, 0.3) is 0 Å². The Hall–Kier alpha value is -3.10. The Balaban J connectivity index is 1.50. The number of carbonyl (C=O) groups excluding carboxylic acids is 4. The molecule has 2 aromatic rings.